The minimum Gasteiger partial charge on any atom is -0.481 e. The van der Waals surface area contributed by atoms with Crippen molar-refractivity contribution < 1.29 is 19.4 Å². The molecule has 0 saturated carbocycles. The number of carbonyl (C=O) groups is 2. The minimum absolute atomic E-state index is 0.163. The third-order valence-corrected chi connectivity index (χ3v) is 3.08. The van der Waals surface area contributed by atoms with E-state index in [1.165, 1.54) is 18.2 Å². The van der Waals surface area contributed by atoms with Crippen LogP contribution in [0.2, 0.25) is 5.02 Å². The predicted octanol–water partition coefficient (Wildman–Crippen LogP) is 3.36. The fraction of sp³-hybridized carbons (Fsp3) is 0.125. The van der Waals surface area contributed by atoms with E-state index in [0.717, 1.165) is 5.56 Å². The number of ether oxygens (including phenoxy) is 1. The molecule has 1 amide bonds. The maximum absolute atomic E-state index is 12.3. The molecule has 114 valence electrons. The van der Waals surface area contributed by atoms with E-state index >= 15 is 0 Å². The van der Waals surface area contributed by atoms with Crippen LogP contribution in [0.3, 0.4) is 0 Å². The second kappa shape index (κ2) is 6.95. The minimum atomic E-state index is -1.13. The number of carbonyl (C=O) groups excluding carboxylic acids is 1. The van der Waals surface area contributed by atoms with Gasteiger partial charge in [0.05, 0.1) is 5.56 Å². The summed E-state index contributed by atoms with van der Waals surface area (Å²) in [5.41, 5.74) is 1.88. The standard InChI is InChI=1S/C16H14ClNO4/c1-10-2-5-12(6-3-10)18-16(21)13-8-11(17)4-7-14(13)22-9-15(19)20/h2-8H,9H2,1H3,(H,18,21)(H,19,20). The maximum Gasteiger partial charge on any atom is 0.341 e. The molecular formula is C16H14ClNO4. The number of hydrogen-bond donors (Lipinski definition) is 2. The molecule has 0 saturated heterocycles. The molecule has 0 aliphatic heterocycles. The molecule has 0 aliphatic rings. The summed E-state index contributed by atoms with van der Waals surface area (Å²) in [4.78, 5) is 22.9. The Morgan fingerprint density at radius 3 is 2.50 bits per heavy atom. The first-order valence-corrected chi connectivity index (χ1v) is 6.85. The van der Waals surface area contributed by atoms with Gasteiger partial charge in [0.15, 0.2) is 6.61 Å². The van der Waals surface area contributed by atoms with Crippen LogP contribution in [0.25, 0.3) is 0 Å². The average Bonchev–Trinajstić information content (AvgIpc) is 2.48. The molecule has 0 radical (unpaired) electrons. The summed E-state index contributed by atoms with van der Waals surface area (Å²) < 4.78 is 5.11. The highest BCUT2D eigenvalue weighted by molar-refractivity contribution is 6.31. The second-order valence-corrected chi connectivity index (χ2v) is 5.08. The molecule has 0 heterocycles. The van der Waals surface area contributed by atoms with Crippen LogP contribution >= 0.6 is 11.6 Å². The lowest BCUT2D eigenvalue weighted by atomic mass is 10.1. The molecule has 0 aromatic heterocycles. The van der Waals surface area contributed by atoms with E-state index < -0.39 is 18.5 Å². The largest absolute Gasteiger partial charge is 0.481 e. The summed E-state index contributed by atoms with van der Waals surface area (Å²) in [7, 11) is 0. The van der Waals surface area contributed by atoms with Gasteiger partial charge in [-0.25, -0.2) is 4.79 Å². The third-order valence-electron chi connectivity index (χ3n) is 2.85. The van der Waals surface area contributed by atoms with E-state index in [1.54, 1.807) is 12.1 Å². The van der Waals surface area contributed by atoms with Crippen LogP contribution in [-0.4, -0.2) is 23.6 Å². The average molecular weight is 320 g/mol. The molecule has 2 N–H and O–H groups in total. The summed E-state index contributed by atoms with van der Waals surface area (Å²) in [6.07, 6.45) is 0. The molecule has 2 rings (SSSR count). The van der Waals surface area contributed by atoms with E-state index in [2.05, 4.69) is 5.32 Å². The summed E-state index contributed by atoms with van der Waals surface area (Å²) in [5.74, 6) is -1.39. The summed E-state index contributed by atoms with van der Waals surface area (Å²) >= 11 is 5.90. The van der Waals surface area contributed by atoms with Crippen molar-refractivity contribution in [3.63, 3.8) is 0 Å². The third kappa shape index (κ3) is 4.23. The number of carboxylic acid groups (broad SMARTS) is 1. The van der Waals surface area contributed by atoms with Crippen molar-refractivity contribution in [2.75, 3.05) is 11.9 Å². The van der Waals surface area contributed by atoms with Gasteiger partial charge in [0, 0.05) is 10.7 Å². The van der Waals surface area contributed by atoms with Gasteiger partial charge in [-0.3, -0.25) is 4.79 Å². The number of aliphatic carboxylic acids is 1. The van der Waals surface area contributed by atoms with Crippen molar-refractivity contribution in [3.8, 4) is 5.75 Å². The van der Waals surface area contributed by atoms with Crippen LogP contribution in [0.15, 0.2) is 42.5 Å². The molecule has 0 fully saturated rings. The first-order chi connectivity index (χ1) is 10.5. The summed E-state index contributed by atoms with van der Waals surface area (Å²) in [6, 6.07) is 11.7. The molecular weight excluding hydrogens is 306 g/mol. The molecule has 0 aliphatic carbocycles. The fourth-order valence-corrected chi connectivity index (χ4v) is 1.95. The van der Waals surface area contributed by atoms with E-state index in [1.807, 2.05) is 19.1 Å². The quantitative estimate of drug-likeness (QED) is 0.886. The number of carboxylic acids is 1. The Morgan fingerprint density at radius 2 is 1.86 bits per heavy atom. The lowest BCUT2D eigenvalue weighted by Crippen LogP contribution is -2.16. The number of halogens is 1. The van der Waals surface area contributed by atoms with Crippen LogP contribution < -0.4 is 10.1 Å². The Bertz CT molecular complexity index is 698. The van der Waals surface area contributed by atoms with Crippen molar-refractivity contribution in [2.45, 2.75) is 6.92 Å². The zero-order valence-electron chi connectivity index (χ0n) is 11.8. The van der Waals surface area contributed by atoms with Crippen LogP contribution in [0, 0.1) is 6.92 Å². The number of benzene rings is 2. The highest BCUT2D eigenvalue weighted by Crippen LogP contribution is 2.24. The van der Waals surface area contributed by atoms with Gasteiger partial charge in [-0.1, -0.05) is 29.3 Å². The maximum atomic E-state index is 12.3. The van der Waals surface area contributed by atoms with Crippen molar-refractivity contribution in [1.82, 2.24) is 0 Å². The highest BCUT2D eigenvalue weighted by atomic mass is 35.5. The van der Waals surface area contributed by atoms with Crippen molar-refractivity contribution in [2.24, 2.45) is 0 Å². The number of rotatable bonds is 5. The van der Waals surface area contributed by atoms with Gasteiger partial charge < -0.3 is 15.2 Å². The molecule has 2 aromatic rings. The lowest BCUT2D eigenvalue weighted by molar-refractivity contribution is -0.139. The number of hydrogen-bond acceptors (Lipinski definition) is 3. The zero-order valence-corrected chi connectivity index (χ0v) is 12.6. The SMILES string of the molecule is Cc1ccc(NC(=O)c2cc(Cl)ccc2OCC(=O)O)cc1. The van der Waals surface area contributed by atoms with E-state index in [4.69, 9.17) is 21.4 Å². The van der Waals surface area contributed by atoms with E-state index in [9.17, 15) is 9.59 Å². The first-order valence-electron chi connectivity index (χ1n) is 6.48. The fourth-order valence-electron chi connectivity index (χ4n) is 1.78. The van der Waals surface area contributed by atoms with Gasteiger partial charge in [-0.05, 0) is 37.3 Å². The Hall–Kier alpha value is -2.53. The van der Waals surface area contributed by atoms with Gasteiger partial charge >= 0.3 is 5.97 Å². The molecule has 22 heavy (non-hydrogen) atoms. The van der Waals surface area contributed by atoms with Crippen molar-refractivity contribution in [1.29, 1.82) is 0 Å². The second-order valence-electron chi connectivity index (χ2n) is 4.64. The Morgan fingerprint density at radius 1 is 1.18 bits per heavy atom. The molecule has 0 unspecified atom stereocenters. The smallest absolute Gasteiger partial charge is 0.341 e. The van der Waals surface area contributed by atoms with Crippen LogP contribution in [0.4, 0.5) is 5.69 Å². The lowest BCUT2D eigenvalue weighted by Gasteiger charge is -2.11. The number of nitrogens with one attached hydrogen (secondary N) is 1. The monoisotopic (exact) mass is 319 g/mol. The molecule has 5 nitrogen and oxygen atoms in total. The van der Waals surface area contributed by atoms with Crippen molar-refractivity contribution >= 4 is 29.2 Å². The van der Waals surface area contributed by atoms with Gasteiger partial charge in [-0.15, -0.1) is 0 Å². The first kappa shape index (κ1) is 15.9. The molecule has 0 bridgehead atoms. The van der Waals surface area contributed by atoms with Crippen LogP contribution in [-0.2, 0) is 4.79 Å². The Labute approximate surface area is 132 Å². The Balaban J connectivity index is 2.21. The van der Waals surface area contributed by atoms with Crippen LogP contribution in [0.1, 0.15) is 15.9 Å². The summed E-state index contributed by atoms with van der Waals surface area (Å²) in [6.45, 7) is 1.41. The van der Waals surface area contributed by atoms with Gasteiger partial charge in [0.1, 0.15) is 5.75 Å². The zero-order chi connectivity index (χ0) is 16.1. The van der Waals surface area contributed by atoms with Crippen LogP contribution in [0.5, 0.6) is 5.75 Å². The van der Waals surface area contributed by atoms with Gasteiger partial charge in [0.25, 0.3) is 5.91 Å². The number of amides is 1. The predicted molar refractivity (Wildman–Crippen MR) is 83.7 cm³/mol. The van der Waals surface area contributed by atoms with Crippen molar-refractivity contribution in [3.05, 3.63) is 58.6 Å². The van der Waals surface area contributed by atoms with Gasteiger partial charge in [-0.2, -0.15) is 0 Å². The normalized spacial score (nSPS) is 10.1. The molecule has 2 aromatic carbocycles. The topological polar surface area (TPSA) is 75.6 Å². The number of aryl methyl sites for hydroxylation is 1. The highest BCUT2D eigenvalue weighted by Gasteiger charge is 2.14. The summed E-state index contributed by atoms with van der Waals surface area (Å²) in [5, 5.41) is 11.7. The number of anilines is 1. The Kier molecular flexibility index (Phi) is 5.01. The molecule has 0 atom stereocenters. The molecule has 6 heteroatoms. The molecule has 0 spiro atoms. The van der Waals surface area contributed by atoms with E-state index in [0.29, 0.717) is 10.7 Å². The van der Waals surface area contributed by atoms with Gasteiger partial charge in [0.2, 0.25) is 0 Å². The van der Waals surface area contributed by atoms with E-state index in [-0.39, 0.29) is 11.3 Å².